The average molecular weight is 226 g/mol. The first-order chi connectivity index (χ1) is 7.77. The molecule has 0 aromatic carbocycles. The lowest BCUT2D eigenvalue weighted by molar-refractivity contribution is -0.390. The van der Waals surface area contributed by atoms with Crippen LogP contribution < -0.4 is 10.1 Å². The van der Waals surface area contributed by atoms with Crippen molar-refractivity contribution in [3.05, 3.63) is 16.3 Å². The first kappa shape index (κ1) is 10.9. The maximum Gasteiger partial charge on any atom is 0.385 e. The van der Waals surface area contributed by atoms with Gasteiger partial charge in [-0.25, -0.2) is 0 Å². The molecule has 0 radical (unpaired) electrons. The van der Waals surface area contributed by atoms with Crippen LogP contribution >= 0.6 is 0 Å². The Labute approximate surface area is 92.3 Å². The Balaban J connectivity index is 1.88. The van der Waals surface area contributed by atoms with E-state index in [0.717, 1.165) is 25.9 Å². The molecule has 1 aliphatic rings. The third-order valence-corrected chi connectivity index (χ3v) is 2.64. The summed E-state index contributed by atoms with van der Waals surface area (Å²) in [5.41, 5.74) is 0. The molecule has 2 heterocycles. The molecule has 1 unspecified atom stereocenters. The highest BCUT2D eigenvalue weighted by Gasteiger charge is 2.19. The Kier molecular flexibility index (Phi) is 3.35. The first-order valence-corrected chi connectivity index (χ1v) is 5.28. The number of nitrogens with zero attached hydrogens (tertiary/aromatic N) is 2. The molecule has 1 aromatic rings. The SMILES string of the molecule is O=[N+]([O-])c1[nH]ncc1OCC1CCCNC1. The molecule has 1 atom stereocenters. The predicted molar refractivity (Wildman–Crippen MR) is 56.3 cm³/mol. The molecule has 2 N–H and O–H groups in total. The lowest BCUT2D eigenvalue weighted by Crippen LogP contribution is -2.33. The van der Waals surface area contributed by atoms with Gasteiger partial charge in [0, 0.05) is 12.5 Å². The monoisotopic (exact) mass is 226 g/mol. The summed E-state index contributed by atoms with van der Waals surface area (Å²) in [6, 6.07) is 0. The van der Waals surface area contributed by atoms with Crippen molar-refractivity contribution in [2.45, 2.75) is 12.8 Å². The van der Waals surface area contributed by atoms with Crippen molar-refractivity contribution in [2.24, 2.45) is 5.92 Å². The minimum absolute atomic E-state index is 0.177. The van der Waals surface area contributed by atoms with E-state index in [-0.39, 0.29) is 11.6 Å². The van der Waals surface area contributed by atoms with E-state index < -0.39 is 4.92 Å². The van der Waals surface area contributed by atoms with Gasteiger partial charge in [-0.2, -0.15) is 0 Å². The maximum atomic E-state index is 10.6. The minimum Gasteiger partial charge on any atom is -0.484 e. The van der Waals surface area contributed by atoms with E-state index in [4.69, 9.17) is 4.74 Å². The van der Waals surface area contributed by atoms with E-state index in [1.54, 1.807) is 0 Å². The third-order valence-electron chi connectivity index (χ3n) is 2.64. The van der Waals surface area contributed by atoms with Crippen molar-refractivity contribution >= 4 is 5.82 Å². The standard InChI is InChI=1S/C9H14N4O3/c14-13(15)9-8(5-11-12-9)16-6-7-2-1-3-10-4-7/h5,7,10H,1-4,6H2,(H,11,12). The molecule has 1 fully saturated rings. The van der Waals surface area contributed by atoms with Gasteiger partial charge in [0.25, 0.3) is 0 Å². The second-order valence-electron chi connectivity index (χ2n) is 3.86. The number of rotatable bonds is 4. The molecule has 7 nitrogen and oxygen atoms in total. The number of aromatic amines is 1. The summed E-state index contributed by atoms with van der Waals surface area (Å²) in [7, 11) is 0. The molecular weight excluding hydrogens is 212 g/mol. The third kappa shape index (κ3) is 2.48. The van der Waals surface area contributed by atoms with Crippen molar-refractivity contribution in [1.82, 2.24) is 15.5 Å². The zero-order chi connectivity index (χ0) is 11.4. The number of hydrogen-bond acceptors (Lipinski definition) is 5. The molecule has 1 aliphatic heterocycles. The van der Waals surface area contributed by atoms with Gasteiger partial charge in [0.05, 0.1) is 6.61 Å². The summed E-state index contributed by atoms with van der Waals surface area (Å²) in [5.74, 6) is 0.461. The van der Waals surface area contributed by atoms with Gasteiger partial charge < -0.3 is 20.2 Å². The Morgan fingerprint density at radius 2 is 2.56 bits per heavy atom. The maximum absolute atomic E-state index is 10.6. The Morgan fingerprint density at radius 3 is 3.25 bits per heavy atom. The fourth-order valence-electron chi connectivity index (χ4n) is 1.78. The van der Waals surface area contributed by atoms with Gasteiger partial charge in [0.15, 0.2) is 0 Å². The molecule has 0 bridgehead atoms. The van der Waals surface area contributed by atoms with Crippen LogP contribution in [0.4, 0.5) is 5.82 Å². The van der Waals surface area contributed by atoms with Crippen LogP contribution in [-0.2, 0) is 0 Å². The van der Waals surface area contributed by atoms with Crippen LogP contribution in [0.25, 0.3) is 0 Å². The molecule has 2 rings (SSSR count). The van der Waals surface area contributed by atoms with Crippen molar-refractivity contribution < 1.29 is 9.66 Å². The average Bonchev–Trinajstić information content (AvgIpc) is 2.76. The largest absolute Gasteiger partial charge is 0.484 e. The molecule has 88 valence electrons. The molecule has 0 amide bonds. The van der Waals surface area contributed by atoms with Gasteiger partial charge >= 0.3 is 5.82 Å². The van der Waals surface area contributed by atoms with Crippen molar-refractivity contribution in [3.8, 4) is 5.75 Å². The molecular formula is C9H14N4O3. The van der Waals surface area contributed by atoms with E-state index in [2.05, 4.69) is 15.5 Å². The van der Waals surface area contributed by atoms with Crippen LogP contribution in [0.15, 0.2) is 6.20 Å². The van der Waals surface area contributed by atoms with Crippen LogP contribution in [0.1, 0.15) is 12.8 Å². The van der Waals surface area contributed by atoms with E-state index in [0.29, 0.717) is 12.5 Å². The molecule has 0 saturated carbocycles. The fourth-order valence-corrected chi connectivity index (χ4v) is 1.78. The lowest BCUT2D eigenvalue weighted by atomic mass is 10.0. The van der Waals surface area contributed by atoms with Crippen molar-refractivity contribution in [2.75, 3.05) is 19.7 Å². The predicted octanol–water partition coefficient (Wildman–Crippen LogP) is 0.696. The number of piperidine rings is 1. The molecule has 1 aromatic heterocycles. The highest BCUT2D eigenvalue weighted by molar-refractivity contribution is 5.36. The topological polar surface area (TPSA) is 93.1 Å². The molecule has 7 heteroatoms. The number of H-pyrrole nitrogens is 1. The summed E-state index contributed by atoms with van der Waals surface area (Å²) in [6.45, 7) is 2.45. The van der Waals surface area contributed by atoms with Crippen molar-refractivity contribution in [3.63, 3.8) is 0 Å². The molecule has 0 aliphatic carbocycles. The van der Waals surface area contributed by atoms with Gasteiger partial charge in [0.2, 0.25) is 5.75 Å². The summed E-state index contributed by atoms with van der Waals surface area (Å²) in [6.07, 6.45) is 3.56. The zero-order valence-corrected chi connectivity index (χ0v) is 8.81. The molecule has 0 spiro atoms. The molecule has 16 heavy (non-hydrogen) atoms. The minimum atomic E-state index is -0.526. The summed E-state index contributed by atoms with van der Waals surface area (Å²) in [4.78, 5) is 10.0. The number of nitrogens with one attached hydrogen (secondary N) is 2. The quantitative estimate of drug-likeness (QED) is 0.582. The van der Waals surface area contributed by atoms with Gasteiger partial charge in [-0.3, -0.25) is 0 Å². The van der Waals surface area contributed by atoms with E-state index in [1.165, 1.54) is 6.20 Å². The summed E-state index contributed by atoms with van der Waals surface area (Å²) >= 11 is 0. The van der Waals surface area contributed by atoms with Crippen LogP contribution in [0.3, 0.4) is 0 Å². The second kappa shape index (κ2) is 4.93. The van der Waals surface area contributed by atoms with Crippen LogP contribution in [0.2, 0.25) is 0 Å². The van der Waals surface area contributed by atoms with E-state index in [1.807, 2.05) is 0 Å². The smallest absolute Gasteiger partial charge is 0.385 e. The van der Waals surface area contributed by atoms with Gasteiger partial charge in [0.1, 0.15) is 6.20 Å². The van der Waals surface area contributed by atoms with Crippen LogP contribution in [-0.4, -0.2) is 34.8 Å². The number of nitro groups is 1. The zero-order valence-electron chi connectivity index (χ0n) is 8.81. The summed E-state index contributed by atoms with van der Waals surface area (Å²) in [5, 5.41) is 19.7. The normalized spacial score (nSPS) is 20.6. The fraction of sp³-hybridized carbons (Fsp3) is 0.667. The van der Waals surface area contributed by atoms with E-state index in [9.17, 15) is 10.1 Å². The Bertz CT molecular complexity index is 359. The number of ether oxygens (including phenoxy) is 1. The van der Waals surface area contributed by atoms with Crippen LogP contribution in [0, 0.1) is 16.0 Å². The number of aromatic nitrogens is 2. The first-order valence-electron chi connectivity index (χ1n) is 5.28. The van der Waals surface area contributed by atoms with E-state index >= 15 is 0 Å². The van der Waals surface area contributed by atoms with Crippen molar-refractivity contribution in [1.29, 1.82) is 0 Å². The Morgan fingerprint density at radius 1 is 1.69 bits per heavy atom. The number of hydrogen-bond donors (Lipinski definition) is 2. The Hall–Kier alpha value is -1.63. The molecule has 1 saturated heterocycles. The van der Waals surface area contributed by atoms with Gasteiger partial charge in [-0.05, 0) is 24.3 Å². The summed E-state index contributed by atoms with van der Waals surface area (Å²) < 4.78 is 5.40. The van der Waals surface area contributed by atoms with Gasteiger partial charge in [-0.15, -0.1) is 5.10 Å². The highest BCUT2D eigenvalue weighted by atomic mass is 16.6. The second-order valence-corrected chi connectivity index (χ2v) is 3.86. The van der Waals surface area contributed by atoms with Crippen LogP contribution in [0.5, 0.6) is 5.75 Å². The highest BCUT2D eigenvalue weighted by Crippen LogP contribution is 2.23. The van der Waals surface area contributed by atoms with Gasteiger partial charge in [-0.1, -0.05) is 5.10 Å². The lowest BCUT2D eigenvalue weighted by Gasteiger charge is -2.22.